The number of rotatable bonds is 12. The molecule has 0 aromatic carbocycles. The lowest BCUT2D eigenvalue weighted by Gasteiger charge is -2.01. The predicted octanol–water partition coefficient (Wildman–Crippen LogP) is 20.4. The zero-order valence-electron chi connectivity index (χ0n) is 68.7. The maximum atomic E-state index is 4.18. The van der Waals surface area contributed by atoms with Gasteiger partial charge >= 0.3 is 0 Å². The molecule has 12 aromatic rings. The van der Waals surface area contributed by atoms with Crippen LogP contribution < -0.4 is 0 Å². The molecule has 0 spiro atoms. The van der Waals surface area contributed by atoms with Gasteiger partial charge in [0.1, 0.15) is 31.1 Å². The number of pyridine rings is 3. The van der Waals surface area contributed by atoms with Crippen molar-refractivity contribution in [2.75, 3.05) is 0 Å². The SMILES string of the molecule is CC(C)c1ccccn1.CC(C)c1cccnc1.CC(C)c1cccnn1.CC(C)c1ccncc1.CC(C)c1ccncn1.CC(C)c1ccnnc1.CC(C)c1ccnnc1.CC(C)c1cnccn1.CC(C)c1cnccn1.CC(C)c1cnccn1.CC(C)c1cncnc1.CC(C)c1ncncn1. The van der Waals surface area contributed by atoms with Crippen LogP contribution in [0.3, 0.4) is 0 Å². The maximum absolute atomic E-state index is 4.18. The van der Waals surface area contributed by atoms with Crippen LogP contribution in [0.25, 0.3) is 0 Å². The zero-order valence-corrected chi connectivity index (χ0v) is 68.7. The van der Waals surface area contributed by atoms with E-state index in [1.165, 1.54) is 40.5 Å². The van der Waals surface area contributed by atoms with Crippen molar-refractivity contribution in [2.45, 2.75) is 237 Å². The summed E-state index contributed by atoms with van der Waals surface area (Å²) in [5.74, 6) is 7.10. The smallest absolute Gasteiger partial charge is 0.134 e. The highest BCUT2D eigenvalue weighted by atomic mass is 15.1. The van der Waals surface area contributed by atoms with Gasteiger partial charge in [0.25, 0.3) is 0 Å². The minimum atomic E-state index is 0.396. The van der Waals surface area contributed by atoms with Crippen LogP contribution in [0.5, 0.6) is 0 Å². The molecule has 12 aromatic heterocycles. The van der Waals surface area contributed by atoms with Crippen molar-refractivity contribution in [3.63, 3.8) is 0 Å². The normalized spacial score (nSPS) is 10.1. The van der Waals surface area contributed by atoms with E-state index in [4.69, 9.17) is 0 Å². The fourth-order valence-electron chi connectivity index (χ4n) is 7.71. The van der Waals surface area contributed by atoms with Crippen LogP contribution in [-0.4, -0.2) is 110 Å². The second-order valence-corrected chi connectivity index (χ2v) is 27.9. The third-order valence-corrected chi connectivity index (χ3v) is 14.7. The molecule has 0 saturated heterocycles. The maximum Gasteiger partial charge on any atom is 0.134 e. The van der Waals surface area contributed by atoms with Crippen molar-refractivity contribution in [1.29, 1.82) is 0 Å². The van der Waals surface area contributed by atoms with Crippen LogP contribution in [0.4, 0.5) is 0 Å². The lowest BCUT2D eigenvalue weighted by Crippen LogP contribution is -1.95. The van der Waals surface area contributed by atoms with Crippen molar-refractivity contribution in [3.05, 3.63) is 302 Å². The Morgan fingerprint density at radius 2 is 0.556 bits per heavy atom. The van der Waals surface area contributed by atoms with Gasteiger partial charge in [-0.25, -0.2) is 34.9 Å². The van der Waals surface area contributed by atoms with Crippen LogP contribution in [0.15, 0.2) is 234 Å². The van der Waals surface area contributed by atoms with Gasteiger partial charge in [0.15, 0.2) is 0 Å². The van der Waals surface area contributed by atoms with E-state index >= 15 is 0 Å². The minimum absolute atomic E-state index is 0.396. The Labute approximate surface area is 646 Å². The molecule has 108 heavy (non-hydrogen) atoms. The molecular formula is C86H122N22. The molecule has 0 fully saturated rings. The molecule has 0 unspecified atom stereocenters. The summed E-state index contributed by atoms with van der Waals surface area (Å²) in [4.78, 5) is 63.6. The fraction of sp³-hybridized carbons (Fsp3) is 0.419. The van der Waals surface area contributed by atoms with Crippen molar-refractivity contribution in [1.82, 2.24) is 110 Å². The Kier molecular flexibility index (Phi) is 52.2. The average molecular weight is 1460 g/mol. The van der Waals surface area contributed by atoms with Crippen molar-refractivity contribution in [3.8, 4) is 0 Å². The molecule has 0 aliphatic heterocycles. The summed E-state index contributed by atoms with van der Waals surface area (Å²) in [6.45, 7) is 50.9. The first-order valence-corrected chi connectivity index (χ1v) is 37.1. The van der Waals surface area contributed by atoms with E-state index in [2.05, 4.69) is 283 Å². The lowest BCUT2D eigenvalue weighted by molar-refractivity contribution is 0.759. The lowest BCUT2D eigenvalue weighted by atomic mass is 10.1. The summed E-state index contributed by atoms with van der Waals surface area (Å²) >= 11 is 0. The highest BCUT2D eigenvalue weighted by molar-refractivity contribution is 5.15. The molecule has 12 heterocycles. The first-order chi connectivity index (χ1) is 51.7. The third kappa shape index (κ3) is 47.5. The van der Waals surface area contributed by atoms with Crippen molar-refractivity contribution < 1.29 is 0 Å². The van der Waals surface area contributed by atoms with E-state index < -0.39 is 0 Å². The molecule has 0 aliphatic rings. The van der Waals surface area contributed by atoms with E-state index in [1.807, 2.05) is 104 Å². The molecule has 22 nitrogen and oxygen atoms in total. The third-order valence-electron chi connectivity index (χ3n) is 14.7. The minimum Gasteiger partial charge on any atom is -0.265 e. The van der Waals surface area contributed by atoms with Crippen LogP contribution in [0.1, 0.15) is 305 Å². The number of hydrogen-bond donors (Lipinski definition) is 0. The van der Waals surface area contributed by atoms with E-state index in [9.17, 15) is 0 Å². The van der Waals surface area contributed by atoms with Gasteiger partial charge in [0.2, 0.25) is 0 Å². The molecule has 22 heteroatoms. The molecule has 12 rings (SSSR count). The second kappa shape index (κ2) is 59.3. The van der Waals surface area contributed by atoms with Crippen LogP contribution in [0.2, 0.25) is 0 Å². The summed E-state index contributed by atoms with van der Waals surface area (Å²) in [6.07, 6.45) is 45.1. The zero-order chi connectivity index (χ0) is 80.3. The van der Waals surface area contributed by atoms with Gasteiger partial charge in [-0.15, -0.1) is 0 Å². The first kappa shape index (κ1) is 95.1. The summed E-state index contributed by atoms with van der Waals surface area (Å²) < 4.78 is 0. The first-order valence-electron chi connectivity index (χ1n) is 37.1. The standard InChI is InChI=1S/3C8H11N.8C7H10N2.C6H9N3/c1-7(2)8-3-5-9-6-4-8;1-7(2)8-4-3-5-9-6-8;1-7(2)8-5-3-4-6-9-8;1-6(2)7-3-8-5-9-4-7;3*1-6(2)7-5-8-3-4-9-7;1-6(2)7-3-4-8-5-9-7;2*1-6(2)7-3-4-8-9-5-7;1-6(2)7-4-3-5-8-9-7;1-5(2)6-8-3-7-4-9-6/h3*3-7H,1-2H3;8*3-6H,1-2H3;3-5H,1-2H3. The van der Waals surface area contributed by atoms with Gasteiger partial charge in [-0.2, -0.15) is 30.6 Å². The summed E-state index contributed by atoms with van der Waals surface area (Å²) in [5, 5.41) is 22.6. The van der Waals surface area contributed by atoms with Crippen LogP contribution >= 0.6 is 0 Å². The number of nitrogens with zero attached hydrogens (tertiary/aromatic N) is 22. The molecule has 0 saturated carbocycles. The van der Waals surface area contributed by atoms with Crippen molar-refractivity contribution in [2.24, 2.45) is 0 Å². The van der Waals surface area contributed by atoms with E-state index in [0.29, 0.717) is 71.0 Å². The largest absolute Gasteiger partial charge is 0.265 e. The Hall–Kier alpha value is -10.9. The number of aromatic nitrogens is 22. The van der Waals surface area contributed by atoms with Gasteiger partial charge in [0.05, 0.1) is 35.2 Å². The summed E-state index contributed by atoms with van der Waals surface area (Å²) in [7, 11) is 0. The Bertz CT molecular complexity index is 2970. The molecule has 0 N–H and O–H groups in total. The Morgan fingerprint density at radius 3 is 0.806 bits per heavy atom. The summed E-state index contributed by atoms with van der Waals surface area (Å²) in [6, 6.07) is 23.9. The van der Waals surface area contributed by atoms with Crippen molar-refractivity contribution >= 4 is 0 Å². The fourth-order valence-corrected chi connectivity index (χ4v) is 7.71. The average Bonchev–Trinajstić information content (AvgIpc) is 2.60. The molecule has 0 radical (unpaired) electrons. The highest BCUT2D eigenvalue weighted by Gasteiger charge is 2.04. The Balaban J connectivity index is 0.000000589. The van der Waals surface area contributed by atoms with E-state index in [1.54, 1.807) is 112 Å². The second-order valence-electron chi connectivity index (χ2n) is 27.9. The summed E-state index contributed by atoms with van der Waals surface area (Å²) in [5.41, 5.74) is 12.8. The molecule has 576 valence electrons. The van der Waals surface area contributed by atoms with E-state index in [0.717, 1.165) is 40.0 Å². The molecule has 0 bridgehead atoms. The predicted molar refractivity (Wildman–Crippen MR) is 438 cm³/mol. The Morgan fingerprint density at radius 1 is 0.176 bits per heavy atom. The monoisotopic (exact) mass is 1460 g/mol. The topological polar surface area (TPSA) is 284 Å². The van der Waals surface area contributed by atoms with E-state index in [-0.39, 0.29) is 0 Å². The van der Waals surface area contributed by atoms with Gasteiger partial charge in [-0.3, -0.25) is 44.9 Å². The molecular weight excluding hydrogens is 1340 g/mol. The van der Waals surface area contributed by atoms with Gasteiger partial charge in [-0.05, 0) is 154 Å². The van der Waals surface area contributed by atoms with Gasteiger partial charge in [-0.1, -0.05) is 178 Å². The molecule has 0 aliphatic carbocycles. The number of hydrogen-bond acceptors (Lipinski definition) is 22. The van der Waals surface area contributed by atoms with Gasteiger partial charge in [0, 0.05) is 141 Å². The highest BCUT2D eigenvalue weighted by Crippen LogP contribution is 2.16. The molecule has 0 amide bonds. The quantitative estimate of drug-likeness (QED) is 0.110. The molecule has 0 atom stereocenters. The van der Waals surface area contributed by atoms with Crippen LogP contribution in [-0.2, 0) is 0 Å². The van der Waals surface area contributed by atoms with Crippen LogP contribution in [0, 0.1) is 0 Å². The van der Waals surface area contributed by atoms with Gasteiger partial charge < -0.3 is 0 Å².